The van der Waals surface area contributed by atoms with Crippen LogP contribution in [0.4, 0.5) is 10.1 Å². The fourth-order valence-electron chi connectivity index (χ4n) is 3.20. The van der Waals surface area contributed by atoms with Gasteiger partial charge in [0.15, 0.2) is 0 Å². The van der Waals surface area contributed by atoms with E-state index in [2.05, 4.69) is 11.0 Å². The molecule has 1 heterocycles. The van der Waals surface area contributed by atoms with Crippen LogP contribution in [0, 0.1) is 5.82 Å². The van der Waals surface area contributed by atoms with Gasteiger partial charge in [-0.15, -0.1) is 0 Å². The second kappa shape index (κ2) is 8.21. The van der Waals surface area contributed by atoms with Gasteiger partial charge in [-0.25, -0.2) is 4.39 Å². The first kappa shape index (κ1) is 18.2. The molecule has 4 nitrogen and oxygen atoms in total. The Bertz CT molecular complexity index is 755. The molecule has 0 unspecified atom stereocenters. The number of ether oxygens (including phenoxy) is 1. The molecule has 3 rings (SSSR count). The summed E-state index contributed by atoms with van der Waals surface area (Å²) in [6.45, 7) is 6.86. The van der Waals surface area contributed by atoms with Gasteiger partial charge < -0.3 is 14.5 Å². The molecule has 2 aromatic rings. The molecule has 1 saturated heterocycles. The van der Waals surface area contributed by atoms with Crippen molar-refractivity contribution in [2.75, 3.05) is 31.1 Å². The van der Waals surface area contributed by atoms with Crippen molar-refractivity contribution >= 4 is 11.6 Å². The smallest absolute Gasteiger partial charge is 0.227 e. The van der Waals surface area contributed by atoms with Crippen LogP contribution in [0.15, 0.2) is 48.5 Å². The zero-order valence-corrected chi connectivity index (χ0v) is 15.3. The molecule has 0 aromatic heterocycles. The van der Waals surface area contributed by atoms with Crippen molar-refractivity contribution < 1.29 is 13.9 Å². The molecule has 1 amide bonds. The van der Waals surface area contributed by atoms with Crippen LogP contribution in [-0.4, -0.2) is 43.1 Å². The number of para-hydroxylation sites is 2. The molecule has 0 spiro atoms. The molecule has 0 saturated carbocycles. The number of carbonyl (C=O) groups excluding carboxylic acids is 1. The molecule has 0 bridgehead atoms. The van der Waals surface area contributed by atoms with Crippen molar-refractivity contribution in [2.24, 2.45) is 0 Å². The summed E-state index contributed by atoms with van der Waals surface area (Å²) < 4.78 is 19.2. The maximum atomic E-state index is 13.3. The number of anilines is 1. The zero-order chi connectivity index (χ0) is 18.5. The fourth-order valence-corrected chi connectivity index (χ4v) is 3.20. The van der Waals surface area contributed by atoms with E-state index < -0.39 is 0 Å². The Labute approximate surface area is 154 Å². The molecule has 0 aliphatic carbocycles. The van der Waals surface area contributed by atoms with E-state index in [9.17, 15) is 9.18 Å². The Morgan fingerprint density at radius 2 is 1.81 bits per heavy atom. The van der Waals surface area contributed by atoms with Gasteiger partial charge in [0.25, 0.3) is 0 Å². The summed E-state index contributed by atoms with van der Waals surface area (Å²) in [4.78, 5) is 16.6. The Balaban J connectivity index is 1.60. The minimum absolute atomic E-state index is 0.0435. The van der Waals surface area contributed by atoms with Crippen molar-refractivity contribution in [3.05, 3.63) is 59.9 Å². The maximum Gasteiger partial charge on any atom is 0.227 e. The lowest BCUT2D eigenvalue weighted by Crippen LogP contribution is -2.49. The summed E-state index contributed by atoms with van der Waals surface area (Å²) in [6.07, 6.45) is 0.357. The molecule has 1 fully saturated rings. The lowest BCUT2D eigenvalue weighted by molar-refractivity contribution is -0.130. The van der Waals surface area contributed by atoms with Gasteiger partial charge in [-0.1, -0.05) is 24.3 Å². The molecule has 0 N–H and O–H groups in total. The highest BCUT2D eigenvalue weighted by Crippen LogP contribution is 2.29. The molecular weight excluding hydrogens is 331 g/mol. The number of hydrogen-bond donors (Lipinski definition) is 0. The molecular formula is C21H25FN2O2. The van der Waals surface area contributed by atoms with Gasteiger partial charge in [-0.05, 0) is 43.7 Å². The highest BCUT2D eigenvalue weighted by atomic mass is 19.1. The first-order chi connectivity index (χ1) is 12.5. The fraction of sp³-hybridized carbons (Fsp3) is 0.381. The van der Waals surface area contributed by atoms with Crippen LogP contribution in [-0.2, 0) is 11.2 Å². The molecule has 26 heavy (non-hydrogen) atoms. The van der Waals surface area contributed by atoms with Gasteiger partial charge in [0.2, 0.25) is 5.91 Å². The quantitative estimate of drug-likeness (QED) is 0.822. The van der Waals surface area contributed by atoms with E-state index in [-0.39, 0.29) is 24.2 Å². The van der Waals surface area contributed by atoms with E-state index in [1.165, 1.54) is 12.1 Å². The molecule has 0 atom stereocenters. The van der Waals surface area contributed by atoms with Gasteiger partial charge in [0, 0.05) is 26.2 Å². The second-order valence-electron chi connectivity index (χ2n) is 6.81. The number of benzene rings is 2. The first-order valence-electron chi connectivity index (χ1n) is 9.06. The highest BCUT2D eigenvalue weighted by molar-refractivity contribution is 5.79. The van der Waals surface area contributed by atoms with Crippen LogP contribution >= 0.6 is 0 Å². The van der Waals surface area contributed by atoms with Gasteiger partial charge in [0.1, 0.15) is 11.6 Å². The monoisotopic (exact) mass is 356 g/mol. The third kappa shape index (κ3) is 4.54. The Morgan fingerprint density at radius 1 is 1.08 bits per heavy atom. The number of halogens is 1. The molecule has 2 aromatic carbocycles. The number of piperazine rings is 1. The van der Waals surface area contributed by atoms with E-state index in [0.717, 1.165) is 24.5 Å². The average molecular weight is 356 g/mol. The minimum atomic E-state index is -0.304. The highest BCUT2D eigenvalue weighted by Gasteiger charge is 2.23. The van der Waals surface area contributed by atoms with Gasteiger partial charge in [-0.3, -0.25) is 4.79 Å². The van der Waals surface area contributed by atoms with Gasteiger partial charge in [0.05, 0.1) is 18.2 Å². The number of hydrogen-bond acceptors (Lipinski definition) is 3. The van der Waals surface area contributed by atoms with Crippen LogP contribution in [0.3, 0.4) is 0 Å². The molecule has 1 aliphatic heterocycles. The Morgan fingerprint density at radius 3 is 2.50 bits per heavy atom. The third-order valence-electron chi connectivity index (χ3n) is 4.45. The lowest BCUT2D eigenvalue weighted by Gasteiger charge is -2.37. The predicted molar refractivity (Wildman–Crippen MR) is 101 cm³/mol. The SMILES string of the molecule is CC(C)Oc1ccccc1N1CCN(C(=O)Cc2cccc(F)c2)CC1. The number of carbonyl (C=O) groups is 1. The molecule has 5 heteroatoms. The number of rotatable bonds is 5. The second-order valence-corrected chi connectivity index (χ2v) is 6.81. The van der Waals surface area contributed by atoms with E-state index in [4.69, 9.17) is 4.74 Å². The van der Waals surface area contributed by atoms with Crippen molar-refractivity contribution in [1.82, 2.24) is 4.90 Å². The Kier molecular flexibility index (Phi) is 5.76. The van der Waals surface area contributed by atoms with Crippen molar-refractivity contribution in [3.8, 4) is 5.75 Å². The molecule has 1 aliphatic rings. The average Bonchev–Trinajstić information content (AvgIpc) is 2.62. The summed E-state index contributed by atoms with van der Waals surface area (Å²) >= 11 is 0. The molecule has 0 radical (unpaired) electrons. The summed E-state index contributed by atoms with van der Waals surface area (Å²) in [5.74, 6) is 0.617. The van der Waals surface area contributed by atoms with E-state index in [1.54, 1.807) is 12.1 Å². The van der Waals surface area contributed by atoms with Crippen molar-refractivity contribution in [2.45, 2.75) is 26.4 Å². The third-order valence-corrected chi connectivity index (χ3v) is 4.45. The summed E-state index contributed by atoms with van der Waals surface area (Å²) in [7, 11) is 0. The van der Waals surface area contributed by atoms with E-state index in [0.29, 0.717) is 18.7 Å². The largest absolute Gasteiger partial charge is 0.489 e. The minimum Gasteiger partial charge on any atom is -0.489 e. The predicted octanol–water partition coefficient (Wildman–Crippen LogP) is 3.50. The standard InChI is InChI=1S/C21H25FN2O2/c1-16(2)26-20-9-4-3-8-19(20)23-10-12-24(13-11-23)21(25)15-17-6-5-7-18(22)14-17/h3-9,14,16H,10-13,15H2,1-2H3. The van der Waals surface area contributed by atoms with Gasteiger partial charge >= 0.3 is 0 Å². The lowest BCUT2D eigenvalue weighted by atomic mass is 10.1. The van der Waals surface area contributed by atoms with E-state index in [1.807, 2.05) is 36.9 Å². The maximum absolute atomic E-state index is 13.3. The summed E-state index contributed by atoms with van der Waals surface area (Å²) in [5, 5.41) is 0. The zero-order valence-electron chi connectivity index (χ0n) is 15.3. The van der Waals surface area contributed by atoms with Gasteiger partial charge in [-0.2, -0.15) is 0 Å². The van der Waals surface area contributed by atoms with E-state index >= 15 is 0 Å². The van der Waals surface area contributed by atoms with Crippen LogP contribution in [0.1, 0.15) is 19.4 Å². The topological polar surface area (TPSA) is 32.8 Å². The van der Waals surface area contributed by atoms with Crippen LogP contribution < -0.4 is 9.64 Å². The Hall–Kier alpha value is -2.56. The summed E-state index contributed by atoms with van der Waals surface area (Å²) in [6, 6.07) is 14.3. The number of nitrogens with zero attached hydrogens (tertiary/aromatic N) is 2. The van der Waals surface area contributed by atoms with Crippen LogP contribution in [0.2, 0.25) is 0 Å². The number of amides is 1. The van der Waals surface area contributed by atoms with Crippen LogP contribution in [0.25, 0.3) is 0 Å². The van der Waals surface area contributed by atoms with Crippen molar-refractivity contribution in [3.63, 3.8) is 0 Å². The first-order valence-corrected chi connectivity index (χ1v) is 9.06. The normalized spacial score (nSPS) is 14.6. The summed E-state index contributed by atoms with van der Waals surface area (Å²) in [5.41, 5.74) is 1.78. The van der Waals surface area contributed by atoms with Crippen molar-refractivity contribution in [1.29, 1.82) is 0 Å². The molecule has 138 valence electrons. The van der Waals surface area contributed by atoms with Crippen LogP contribution in [0.5, 0.6) is 5.75 Å².